The second-order valence-electron chi connectivity index (χ2n) is 6.66. The van der Waals surface area contributed by atoms with Gasteiger partial charge >= 0.3 is 0 Å². The lowest BCUT2D eigenvalue weighted by atomic mass is 10.1. The average Bonchev–Trinajstić information content (AvgIpc) is 3.35. The summed E-state index contributed by atoms with van der Waals surface area (Å²) in [5.41, 5.74) is 2.06. The summed E-state index contributed by atoms with van der Waals surface area (Å²) in [6.45, 7) is 0. The Hall–Kier alpha value is -3.90. The van der Waals surface area contributed by atoms with E-state index >= 15 is 0 Å². The number of thiophene rings is 1. The molecule has 0 N–H and O–H groups in total. The molecule has 0 aliphatic heterocycles. The van der Waals surface area contributed by atoms with Gasteiger partial charge in [-0.3, -0.25) is 14.5 Å². The van der Waals surface area contributed by atoms with Crippen LogP contribution in [0.15, 0.2) is 90.8 Å². The lowest BCUT2D eigenvalue weighted by Gasteiger charge is -2.20. The number of carbonyl (C=O) groups excluding carboxylic acids is 2. The van der Waals surface area contributed by atoms with E-state index in [1.54, 1.807) is 48.8 Å². The molecule has 144 valence electrons. The smallest absolute Gasteiger partial charge is 0.235 e. The quantitative estimate of drug-likeness (QED) is 0.330. The van der Waals surface area contributed by atoms with Crippen molar-refractivity contribution in [1.29, 1.82) is 0 Å². The number of benzene rings is 2. The van der Waals surface area contributed by atoms with Gasteiger partial charge in [-0.05, 0) is 36.4 Å². The monoisotopic (exact) mass is 409 g/mol. The summed E-state index contributed by atoms with van der Waals surface area (Å²) in [5, 5.41) is 0.884. The Labute approximate surface area is 177 Å². The maximum atomic E-state index is 12.7. The molecule has 5 nitrogen and oxygen atoms in total. The molecule has 6 heteroatoms. The van der Waals surface area contributed by atoms with E-state index in [9.17, 15) is 9.59 Å². The van der Waals surface area contributed by atoms with Crippen LogP contribution in [0.1, 0.15) is 25.6 Å². The van der Waals surface area contributed by atoms with Crippen molar-refractivity contribution in [2.75, 3.05) is 4.90 Å². The van der Waals surface area contributed by atoms with E-state index in [2.05, 4.69) is 9.97 Å². The fourth-order valence-corrected chi connectivity index (χ4v) is 4.38. The summed E-state index contributed by atoms with van der Waals surface area (Å²) in [4.78, 5) is 36.9. The van der Waals surface area contributed by atoms with Gasteiger partial charge in [0.05, 0.1) is 5.57 Å². The lowest BCUT2D eigenvalue weighted by molar-refractivity contribution is 0.0990. The van der Waals surface area contributed by atoms with E-state index in [1.165, 1.54) is 11.3 Å². The third-order valence-electron chi connectivity index (χ3n) is 4.79. The van der Waals surface area contributed by atoms with Crippen LogP contribution in [0.2, 0.25) is 0 Å². The number of aromatic nitrogens is 2. The summed E-state index contributed by atoms with van der Waals surface area (Å²) in [7, 11) is 0. The third-order valence-corrected chi connectivity index (χ3v) is 5.81. The normalized spacial score (nSPS) is 12.7. The van der Waals surface area contributed by atoms with Gasteiger partial charge in [-0.15, -0.1) is 11.3 Å². The van der Waals surface area contributed by atoms with Gasteiger partial charge in [0, 0.05) is 34.1 Å². The SMILES string of the molecule is O=C1C(=Cc2ccc(N(c3ccccc3)c3ncccn3)s2)C(=O)c2ccccc21. The molecule has 5 rings (SSSR count). The van der Waals surface area contributed by atoms with Crippen LogP contribution in [0.5, 0.6) is 0 Å². The van der Waals surface area contributed by atoms with Crippen molar-refractivity contribution >= 4 is 45.6 Å². The predicted molar refractivity (Wildman–Crippen MR) is 118 cm³/mol. The minimum atomic E-state index is -0.225. The Morgan fingerprint density at radius 1 is 0.733 bits per heavy atom. The van der Waals surface area contributed by atoms with E-state index in [1.807, 2.05) is 47.4 Å². The molecule has 0 saturated heterocycles. The number of nitrogens with zero attached hydrogens (tertiary/aromatic N) is 3. The van der Waals surface area contributed by atoms with Gasteiger partial charge in [-0.2, -0.15) is 0 Å². The van der Waals surface area contributed by atoms with Gasteiger partial charge < -0.3 is 0 Å². The maximum Gasteiger partial charge on any atom is 0.235 e. The van der Waals surface area contributed by atoms with Crippen LogP contribution in [-0.4, -0.2) is 21.5 Å². The Kier molecular flexibility index (Phi) is 4.53. The first kappa shape index (κ1) is 18.1. The highest BCUT2D eigenvalue weighted by Gasteiger charge is 2.32. The molecule has 0 saturated carbocycles. The van der Waals surface area contributed by atoms with Gasteiger partial charge in [0.15, 0.2) is 11.6 Å². The Morgan fingerprint density at radius 2 is 1.37 bits per heavy atom. The topological polar surface area (TPSA) is 63.2 Å². The highest BCUT2D eigenvalue weighted by Crippen LogP contribution is 2.38. The fourth-order valence-electron chi connectivity index (χ4n) is 3.41. The number of anilines is 3. The Bertz CT molecular complexity index is 1200. The molecule has 30 heavy (non-hydrogen) atoms. The second-order valence-corrected chi connectivity index (χ2v) is 7.75. The number of carbonyl (C=O) groups is 2. The molecule has 1 aliphatic rings. The van der Waals surface area contributed by atoms with Gasteiger partial charge in [-0.25, -0.2) is 9.97 Å². The molecule has 1 aliphatic carbocycles. The lowest BCUT2D eigenvalue weighted by Crippen LogP contribution is -2.11. The molecule has 0 amide bonds. The summed E-state index contributed by atoms with van der Waals surface area (Å²) < 4.78 is 0. The average molecular weight is 409 g/mol. The molecule has 2 aromatic carbocycles. The first-order valence-corrected chi connectivity index (χ1v) is 10.2. The number of hydrogen-bond acceptors (Lipinski definition) is 6. The van der Waals surface area contributed by atoms with Crippen molar-refractivity contribution in [2.24, 2.45) is 0 Å². The zero-order chi connectivity index (χ0) is 20.5. The summed E-state index contributed by atoms with van der Waals surface area (Å²) in [6.07, 6.45) is 5.07. The minimum Gasteiger partial charge on any atom is -0.288 e. The van der Waals surface area contributed by atoms with Crippen LogP contribution in [0.3, 0.4) is 0 Å². The number of ketones is 2. The van der Waals surface area contributed by atoms with E-state index in [4.69, 9.17) is 0 Å². The van der Waals surface area contributed by atoms with Gasteiger partial charge in [0.25, 0.3) is 0 Å². The van der Waals surface area contributed by atoms with Crippen LogP contribution in [0.4, 0.5) is 16.6 Å². The fraction of sp³-hybridized carbons (Fsp3) is 0. The molecule has 0 fully saturated rings. The molecule has 0 spiro atoms. The standard InChI is InChI=1S/C24H15N3O2S/c28-22-18-9-4-5-10-19(18)23(29)20(22)15-17-11-12-21(30-17)27(16-7-2-1-3-8-16)24-25-13-6-14-26-24/h1-15H. The van der Waals surface area contributed by atoms with Gasteiger partial charge in [0.1, 0.15) is 5.00 Å². The van der Waals surface area contributed by atoms with Crippen LogP contribution < -0.4 is 4.90 Å². The summed E-state index contributed by atoms with van der Waals surface area (Å²) >= 11 is 1.47. The Morgan fingerprint density at radius 3 is 2.03 bits per heavy atom. The predicted octanol–water partition coefficient (Wildman–Crippen LogP) is 5.47. The van der Waals surface area contributed by atoms with Crippen molar-refractivity contribution in [1.82, 2.24) is 9.97 Å². The van der Waals surface area contributed by atoms with Crippen molar-refractivity contribution in [3.8, 4) is 0 Å². The van der Waals surface area contributed by atoms with E-state index in [0.717, 1.165) is 15.6 Å². The largest absolute Gasteiger partial charge is 0.288 e. The first-order chi connectivity index (χ1) is 14.7. The number of rotatable bonds is 4. The van der Waals surface area contributed by atoms with Crippen molar-refractivity contribution in [3.63, 3.8) is 0 Å². The van der Waals surface area contributed by atoms with E-state index in [-0.39, 0.29) is 17.1 Å². The number of para-hydroxylation sites is 1. The molecule has 0 atom stereocenters. The molecular formula is C24H15N3O2S. The first-order valence-electron chi connectivity index (χ1n) is 9.34. The highest BCUT2D eigenvalue weighted by molar-refractivity contribution is 7.17. The minimum absolute atomic E-state index is 0.201. The molecule has 2 aromatic heterocycles. The van der Waals surface area contributed by atoms with Gasteiger partial charge in [0.2, 0.25) is 5.95 Å². The number of allylic oxidation sites excluding steroid dienone is 1. The van der Waals surface area contributed by atoms with Gasteiger partial charge in [-0.1, -0.05) is 42.5 Å². The zero-order valence-electron chi connectivity index (χ0n) is 15.7. The van der Waals surface area contributed by atoms with Crippen molar-refractivity contribution in [3.05, 3.63) is 107 Å². The molecule has 2 heterocycles. The van der Waals surface area contributed by atoms with Crippen molar-refractivity contribution < 1.29 is 9.59 Å². The molecule has 0 unspecified atom stereocenters. The van der Waals surface area contributed by atoms with E-state index in [0.29, 0.717) is 17.1 Å². The number of hydrogen-bond donors (Lipinski definition) is 0. The second kappa shape index (κ2) is 7.50. The van der Waals surface area contributed by atoms with Crippen molar-refractivity contribution in [2.45, 2.75) is 0 Å². The summed E-state index contributed by atoms with van der Waals surface area (Å²) in [5.74, 6) is 0.0962. The zero-order valence-corrected chi connectivity index (χ0v) is 16.5. The van der Waals surface area contributed by atoms with Crippen LogP contribution >= 0.6 is 11.3 Å². The van der Waals surface area contributed by atoms with Crippen LogP contribution in [0.25, 0.3) is 6.08 Å². The number of fused-ring (bicyclic) bond motifs is 1. The number of Topliss-reactive ketones (excluding diaryl/α,β-unsaturated/α-hetero) is 2. The van der Waals surface area contributed by atoms with Crippen LogP contribution in [0, 0.1) is 0 Å². The molecular weight excluding hydrogens is 394 g/mol. The van der Waals surface area contributed by atoms with E-state index < -0.39 is 0 Å². The molecule has 4 aromatic rings. The Balaban J connectivity index is 1.54. The van der Waals surface area contributed by atoms with Crippen LogP contribution in [-0.2, 0) is 0 Å². The summed E-state index contributed by atoms with van der Waals surface area (Å²) in [6, 6.07) is 22.4. The molecule has 0 bridgehead atoms. The highest BCUT2D eigenvalue weighted by atomic mass is 32.1. The molecule has 0 radical (unpaired) electrons. The third kappa shape index (κ3) is 3.13. The maximum absolute atomic E-state index is 12.7.